The SMILES string of the molecule is CC(=O)OCCC(=O)O[C@@H]1COC(OC(C)=O)C1. The van der Waals surface area contributed by atoms with Gasteiger partial charge in [0.05, 0.1) is 13.0 Å². The normalized spacial score (nSPS) is 22.3. The fraction of sp³-hybridized carbons (Fsp3) is 0.727. The van der Waals surface area contributed by atoms with E-state index in [1.807, 2.05) is 0 Å². The molecule has 1 aliphatic heterocycles. The van der Waals surface area contributed by atoms with Gasteiger partial charge in [-0.1, -0.05) is 0 Å². The molecule has 1 fully saturated rings. The van der Waals surface area contributed by atoms with Crippen LogP contribution >= 0.6 is 0 Å². The van der Waals surface area contributed by atoms with E-state index in [1.54, 1.807) is 0 Å². The molecule has 0 aromatic rings. The largest absolute Gasteiger partial charge is 0.465 e. The summed E-state index contributed by atoms with van der Waals surface area (Å²) in [6.07, 6.45) is -0.777. The van der Waals surface area contributed by atoms with Gasteiger partial charge in [0.2, 0.25) is 6.29 Å². The minimum Gasteiger partial charge on any atom is -0.465 e. The number of rotatable bonds is 5. The van der Waals surface area contributed by atoms with Crippen molar-refractivity contribution >= 4 is 17.9 Å². The molecular formula is C11H16O7. The predicted octanol–water partition coefficient (Wildman–Crippen LogP) is 0.161. The zero-order chi connectivity index (χ0) is 13.5. The molecule has 7 heteroatoms. The van der Waals surface area contributed by atoms with E-state index >= 15 is 0 Å². The van der Waals surface area contributed by atoms with Crippen molar-refractivity contribution in [2.24, 2.45) is 0 Å². The molecule has 0 aromatic heterocycles. The number of hydrogen-bond donors (Lipinski definition) is 0. The average Bonchev–Trinajstić information content (AvgIpc) is 2.63. The second kappa shape index (κ2) is 6.95. The summed E-state index contributed by atoms with van der Waals surface area (Å²) in [7, 11) is 0. The molecule has 0 bridgehead atoms. The Morgan fingerprint density at radius 2 is 1.89 bits per heavy atom. The smallest absolute Gasteiger partial charge is 0.309 e. The Morgan fingerprint density at radius 1 is 1.17 bits per heavy atom. The van der Waals surface area contributed by atoms with E-state index in [-0.39, 0.29) is 19.6 Å². The minimum atomic E-state index is -0.659. The average molecular weight is 260 g/mol. The summed E-state index contributed by atoms with van der Waals surface area (Å²) in [5.41, 5.74) is 0. The van der Waals surface area contributed by atoms with Gasteiger partial charge in [-0.3, -0.25) is 14.4 Å². The van der Waals surface area contributed by atoms with Crippen LogP contribution in [0.15, 0.2) is 0 Å². The highest BCUT2D eigenvalue weighted by atomic mass is 16.7. The molecule has 0 amide bonds. The van der Waals surface area contributed by atoms with Crippen molar-refractivity contribution in [2.75, 3.05) is 13.2 Å². The third kappa shape index (κ3) is 5.62. The molecule has 1 rings (SSSR count). The van der Waals surface area contributed by atoms with Gasteiger partial charge in [0.25, 0.3) is 0 Å². The first-order valence-electron chi connectivity index (χ1n) is 5.59. The molecule has 0 radical (unpaired) electrons. The Balaban J connectivity index is 2.17. The van der Waals surface area contributed by atoms with Gasteiger partial charge in [-0.2, -0.15) is 0 Å². The lowest BCUT2D eigenvalue weighted by Gasteiger charge is -2.10. The van der Waals surface area contributed by atoms with Crippen LogP contribution in [0, 0.1) is 0 Å². The summed E-state index contributed by atoms with van der Waals surface area (Å²) < 4.78 is 19.6. The summed E-state index contributed by atoms with van der Waals surface area (Å²) in [6.45, 7) is 2.73. The van der Waals surface area contributed by atoms with Crippen molar-refractivity contribution in [3.8, 4) is 0 Å². The molecule has 18 heavy (non-hydrogen) atoms. The van der Waals surface area contributed by atoms with Crippen LogP contribution in [0.4, 0.5) is 0 Å². The molecule has 0 saturated carbocycles. The van der Waals surface area contributed by atoms with Gasteiger partial charge in [-0.15, -0.1) is 0 Å². The van der Waals surface area contributed by atoms with Crippen LogP contribution in [0.25, 0.3) is 0 Å². The number of hydrogen-bond acceptors (Lipinski definition) is 7. The number of carbonyl (C=O) groups excluding carboxylic acids is 3. The molecule has 1 saturated heterocycles. The van der Waals surface area contributed by atoms with E-state index in [0.717, 1.165) is 0 Å². The van der Waals surface area contributed by atoms with E-state index in [1.165, 1.54) is 13.8 Å². The Bertz CT molecular complexity index is 325. The Morgan fingerprint density at radius 3 is 2.50 bits per heavy atom. The van der Waals surface area contributed by atoms with E-state index in [0.29, 0.717) is 6.42 Å². The van der Waals surface area contributed by atoms with Crippen LogP contribution in [0.3, 0.4) is 0 Å². The molecule has 7 nitrogen and oxygen atoms in total. The summed E-state index contributed by atoms with van der Waals surface area (Å²) in [6, 6.07) is 0. The van der Waals surface area contributed by atoms with Crippen molar-refractivity contribution in [1.82, 2.24) is 0 Å². The molecule has 1 heterocycles. The van der Waals surface area contributed by atoms with E-state index in [2.05, 4.69) is 4.74 Å². The Labute approximate surface area is 104 Å². The maximum absolute atomic E-state index is 11.3. The maximum atomic E-state index is 11.3. The van der Waals surface area contributed by atoms with Crippen LogP contribution < -0.4 is 0 Å². The second-order valence-corrected chi connectivity index (χ2v) is 3.81. The van der Waals surface area contributed by atoms with Gasteiger partial charge < -0.3 is 18.9 Å². The van der Waals surface area contributed by atoms with Gasteiger partial charge in [-0.25, -0.2) is 0 Å². The zero-order valence-corrected chi connectivity index (χ0v) is 10.3. The third-order valence-electron chi connectivity index (χ3n) is 2.13. The van der Waals surface area contributed by atoms with Gasteiger partial charge in [0, 0.05) is 20.3 Å². The van der Waals surface area contributed by atoms with Crippen LogP contribution in [0.1, 0.15) is 26.7 Å². The fourth-order valence-electron chi connectivity index (χ4n) is 1.44. The predicted molar refractivity (Wildman–Crippen MR) is 57.3 cm³/mol. The standard InChI is InChI=1S/C11H16O7/c1-7(12)15-4-3-10(14)18-9-5-11(16-6-9)17-8(2)13/h9,11H,3-6H2,1-2H3/t9-,11?/m0/s1. The highest BCUT2D eigenvalue weighted by molar-refractivity contribution is 5.71. The van der Waals surface area contributed by atoms with Crippen molar-refractivity contribution in [2.45, 2.75) is 39.1 Å². The van der Waals surface area contributed by atoms with E-state index in [4.69, 9.17) is 14.2 Å². The zero-order valence-electron chi connectivity index (χ0n) is 10.3. The molecule has 1 unspecified atom stereocenters. The van der Waals surface area contributed by atoms with Gasteiger partial charge in [0.15, 0.2) is 0 Å². The molecule has 0 spiro atoms. The van der Waals surface area contributed by atoms with Gasteiger partial charge in [0.1, 0.15) is 12.7 Å². The summed E-state index contributed by atoms with van der Waals surface area (Å²) in [5, 5.41) is 0. The molecule has 0 aliphatic carbocycles. The van der Waals surface area contributed by atoms with E-state index < -0.39 is 30.3 Å². The summed E-state index contributed by atoms with van der Waals surface area (Å²) in [4.78, 5) is 32.5. The molecule has 2 atom stereocenters. The lowest BCUT2D eigenvalue weighted by Crippen LogP contribution is -2.20. The summed E-state index contributed by atoms with van der Waals surface area (Å²) in [5.74, 6) is -1.36. The first kappa shape index (κ1) is 14.4. The fourth-order valence-corrected chi connectivity index (χ4v) is 1.44. The van der Waals surface area contributed by atoms with Crippen molar-refractivity contribution in [3.05, 3.63) is 0 Å². The minimum absolute atomic E-state index is 0.00484. The van der Waals surface area contributed by atoms with Gasteiger partial charge >= 0.3 is 17.9 Å². The van der Waals surface area contributed by atoms with Gasteiger partial charge in [-0.05, 0) is 0 Å². The highest BCUT2D eigenvalue weighted by Crippen LogP contribution is 2.17. The lowest BCUT2D eigenvalue weighted by atomic mass is 10.3. The monoisotopic (exact) mass is 260 g/mol. The van der Waals surface area contributed by atoms with Crippen molar-refractivity contribution in [1.29, 1.82) is 0 Å². The Kier molecular flexibility index (Phi) is 5.57. The number of carbonyl (C=O) groups is 3. The van der Waals surface area contributed by atoms with Crippen LogP contribution in [-0.4, -0.2) is 43.5 Å². The Hall–Kier alpha value is -1.63. The van der Waals surface area contributed by atoms with E-state index in [9.17, 15) is 14.4 Å². The molecule has 0 aromatic carbocycles. The topological polar surface area (TPSA) is 88.1 Å². The second-order valence-electron chi connectivity index (χ2n) is 3.81. The highest BCUT2D eigenvalue weighted by Gasteiger charge is 2.30. The van der Waals surface area contributed by atoms with Crippen molar-refractivity contribution in [3.63, 3.8) is 0 Å². The molecular weight excluding hydrogens is 244 g/mol. The third-order valence-corrected chi connectivity index (χ3v) is 2.13. The van der Waals surface area contributed by atoms with Crippen molar-refractivity contribution < 1.29 is 33.3 Å². The first-order chi connectivity index (χ1) is 8.47. The summed E-state index contributed by atoms with van der Waals surface area (Å²) >= 11 is 0. The van der Waals surface area contributed by atoms with Crippen LogP contribution in [0.5, 0.6) is 0 Å². The number of ether oxygens (including phenoxy) is 4. The first-order valence-corrected chi connectivity index (χ1v) is 5.59. The molecule has 0 N–H and O–H groups in total. The molecule has 102 valence electrons. The van der Waals surface area contributed by atoms with Crippen LogP contribution in [-0.2, 0) is 33.3 Å². The lowest BCUT2D eigenvalue weighted by molar-refractivity contribution is -0.167. The number of esters is 3. The molecule has 1 aliphatic rings. The maximum Gasteiger partial charge on any atom is 0.309 e. The van der Waals surface area contributed by atoms with Crippen LogP contribution in [0.2, 0.25) is 0 Å². The quantitative estimate of drug-likeness (QED) is 0.514.